The Morgan fingerprint density at radius 3 is 3.04 bits per heavy atom. The van der Waals surface area contributed by atoms with E-state index < -0.39 is 0 Å². The fourth-order valence-corrected chi connectivity index (χ4v) is 5.21. The molecule has 138 valence electrons. The number of hydrogen-bond acceptors (Lipinski definition) is 5. The lowest BCUT2D eigenvalue weighted by Gasteiger charge is -2.31. The molecule has 0 spiro atoms. The number of aromatic nitrogens is 2. The topological polar surface area (TPSA) is 69.2 Å². The number of pyridine rings is 1. The molecule has 27 heavy (non-hydrogen) atoms. The van der Waals surface area contributed by atoms with Gasteiger partial charge in [-0.15, -0.1) is 0 Å². The molecule has 1 aliphatic heterocycles. The molecule has 0 radical (unpaired) electrons. The number of rotatable bonds is 2. The van der Waals surface area contributed by atoms with Crippen LogP contribution in [0.1, 0.15) is 12.8 Å². The molecule has 5 rings (SSSR count). The van der Waals surface area contributed by atoms with Crippen molar-refractivity contribution in [3.05, 3.63) is 46.6 Å². The number of halogens is 1. The van der Waals surface area contributed by atoms with E-state index in [0.717, 1.165) is 52.1 Å². The molecule has 2 aromatic carbocycles. The van der Waals surface area contributed by atoms with Crippen molar-refractivity contribution in [1.82, 2.24) is 9.97 Å². The van der Waals surface area contributed by atoms with Crippen molar-refractivity contribution in [2.24, 2.45) is 5.92 Å². The molecule has 7 heteroatoms. The van der Waals surface area contributed by atoms with Crippen LogP contribution in [-0.2, 0) is 0 Å². The Bertz CT molecular complexity index is 1230. The molecule has 1 aliphatic rings. The maximum absolute atomic E-state index is 13.9. The van der Waals surface area contributed by atoms with E-state index in [1.807, 2.05) is 6.07 Å². The van der Waals surface area contributed by atoms with E-state index in [0.29, 0.717) is 10.8 Å². The molecule has 1 atom stereocenters. The van der Waals surface area contributed by atoms with Crippen LogP contribution in [0.3, 0.4) is 0 Å². The van der Waals surface area contributed by atoms with E-state index in [4.69, 9.17) is 4.98 Å². The number of anilines is 1. The predicted molar refractivity (Wildman–Crippen MR) is 107 cm³/mol. The van der Waals surface area contributed by atoms with Crippen LogP contribution in [-0.4, -0.2) is 34.8 Å². The minimum absolute atomic E-state index is 0.182. The van der Waals surface area contributed by atoms with Gasteiger partial charge < -0.3 is 15.0 Å². The Kier molecular flexibility index (Phi) is 3.87. The average Bonchev–Trinajstić information content (AvgIpc) is 3.14. The molecule has 2 N–H and O–H groups in total. The van der Waals surface area contributed by atoms with Crippen molar-refractivity contribution in [2.45, 2.75) is 12.8 Å². The van der Waals surface area contributed by atoms with Crippen LogP contribution < -0.4 is 10.5 Å². The molecule has 0 saturated carbocycles. The second kappa shape index (κ2) is 6.28. The summed E-state index contributed by atoms with van der Waals surface area (Å²) in [6.07, 6.45) is 3.67. The lowest BCUT2D eigenvalue weighted by molar-refractivity contribution is 0.208. The van der Waals surface area contributed by atoms with Gasteiger partial charge in [0.05, 0.1) is 15.6 Å². The van der Waals surface area contributed by atoms with Crippen molar-refractivity contribution in [2.75, 3.05) is 24.6 Å². The Morgan fingerprint density at radius 2 is 2.19 bits per heavy atom. The summed E-state index contributed by atoms with van der Waals surface area (Å²) in [4.78, 5) is 22.3. The first-order chi connectivity index (χ1) is 13.2. The number of aliphatic hydroxyl groups excluding tert-OH is 1. The lowest BCUT2D eigenvalue weighted by atomic mass is 10.00. The smallest absolute Gasteiger partial charge is 0.256 e. The normalized spacial score (nSPS) is 18.0. The van der Waals surface area contributed by atoms with Crippen molar-refractivity contribution in [3.63, 3.8) is 0 Å². The maximum atomic E-state index is 13.9. The molecule has 2 aromatic heterocycles. The Labute approximate surface area is 158 Å². The van der Waals surface area contributed by atoms with Crippen LogP contribution in [0.4, 0.5) is 9.52 Å². The van der Waals surface area contributed by atoms with Crippen LogP contribution in [0.5, 0.6) is 0 Å². The molecular weight excluding hydrogens is 365 g/mol. The van der Waals surface area contributed by atoms with E-state index in [2.05, 4.69) is 9.88 Å². The largest absolute Gasteiger partial charge is 0.396 e. The zero-order chi connectivity index (χ0) is 18.5. The van der Waals surface area contributed by atoms with E-state index in [9.17, 15) is 14.3 Å². The highest BCUT2D eigenvalue weighted by Gasteiger charge is 2.23. The number of nitrogens with one attached hydrogen (secondary N) is 1. The van der Waals surface area contributed by atoms with Crippen molar-refractivity contribution in [3.8, 4) is 0 Å². The van der Waals surface area contributed by atoms with Crippen LogP contribution in [0.15, 0.2) is 35.3 Å². The number of nitrogens with zero attached hydrogens (tertiary/aromatic N) is 2. The SMILES string of the molecule is O=c1[nH]ccc2c3sc(N4CCCC(CO)C4)nc3c3ccc(F)cc3c12. The number of benzene rings is 2. The number of thiazole rings is 1. The Morgan fingerprint density at radius 1 is 1.30 bits per heavy atom. The van der Waals surface area contributed by atoms with Gasteiger partial charge in [-0.2, -0.15) is 0 Å². The molecule has 1 fully saturated rings. The first kappa shape index (κ1) is 16.6. The standard InChI is InChI=1S/C20H18FN3O2S/c21-12-3-4-13-15(8-12)16-14(5-6-22-19(16)26)18-17(13)23-20(27-18)24-7-1-2-11(9-24)10-25/h3-6,8,11,25H,1-2,7,9-10H2,(H,22,26). The lowest BCUT2D eigenvalue weighted by Crippen LogP contribution is -2.36. The van der Waals surface area contributed by atoms with E-state index >= 15 is 0 Å². The highest BCUT2D eigenvalue weighted by Crippen LogP contribution is 2.40. The number of hydrogen-bond donors (Lipinski definition) is 2. The van der Waals surface area contributed by atoms with E-state index in [-0.39, 0.29) is 23.9 Å². The van der Waals surface area contributed by atoms with Gasteiger partial charge in [0.25, 0.3) is 5.56 Å². The number of aliphatic hydroxyl groups is 1. The van der Waals surface area contributed by atoms with Gasteiger partial charge in [0.2, 0.25) is 0 Å². The molecule has 1 saturated heterocycles. The predicted octanol–water partition coefficient (Wildman–Crippen LogP) is 3.64. The van der Waals surface area contributed by atoms with Crippen molar-refractivity contribution < 1.29 is 9.50 Å². The molecule has 1 unspecified atom stereocenters. The zero-order valence-electron chi connectivity index (χ0n) is 14.5. The highest BCUT2D eigenvalue weighted by molar-refractivity contribution is 7.23. The van der Waals surface area contributed by atoms with Gasteiger partial charge in [-0.05, 0) is 43.0 Å². The number of H-pyrrole nitrogens is 1. The van der Waals surface area contributed by atoms with Gasteiger partial charge in [0.15, 0.2) is 5.13 Å². The minimum Gasteiger partial charge on any atom is -0.396 e. The average molecular weight is 383 g/mol. The monoisotopic (exact) mass is 383 g/mol. The summed E-state index contributed by atoms with van der Waals surface area (Å²) >= 11 is 1.56. The first-order valence-corrected chi connectivity index (χ1v) is 9.86. The number of aromatic amines is 1. The summed E-state index contributed by atoms with van der Waals surface area (Å²) in [6.45, 7) is 1.87. The molecule has 0 bridgehead atoms. The quantitative estimate of drug-likeness (QED) is 0.519. The highest BCUT2D eigenvalue weighted by atomic mass is 32.1. The first-order valence-electron chi connectivity index (χ1n) is 9.04. The second-order valence-corrected chi connectivity index (χ2v) is 8.07. The van der Waals surface area contributed by atoms with Crippen LogP contribution in [0.2, 0.25) is 0 Å². The van der Waals surface area contributed by atoms with Crippen molar-refractivity contribution >= 4 is 48.2 Å². The van der Waals surface area contributed by atoms with E-state index in [1.165, 1.54) is 12.1 Å². The summed E-state index contributed by atoms with van der Waals surface area (Å²) in [5.41, 5.74) is 0.576. The maximum Gasteiger partial charge on any atom is 0.256 e. The molecule has 0 aliphatic carbocycles. The summed E-state index contributed by atoms with van der Waals surface area (Å²) in [5.74, 6) is -0.111. The van der Waals surface area contributed by atoms with Gasteiger partial charge in [-0.3, -0.25) is 4.79 Å². The number of fused-ring (bicyclic) bond motifs is 6. The second-order valence-electron chi connectivity index (χ2n) is 7.10. The van der Waals surface area contributed by atoms with Crippen molar-refractivity contribution in [1.29, 1.82) is 0 Å². The summed E-state index contributed by atoms with van der Waals surface area (Å²) in [5, 5.41) is 13.1. The molecular formula is C20H18FN3O2S. The Balaban J connectivity index is 1.82. The summed E-state index contributed by atoms with van der Waals surface area (Å²) in [6, 6.07) is 6.38. The molecule has 5 nitrogen and oxygen atoms in total. The third kappa shape index (κ3) is 2.61. The van der Waals surface area contributed by atoms with Gasteiger partial charge in [0.1, 0.15) is 5.82 Å². The Hall–Kier alpha value is -2.51. The summed E-state index contributed by atoms with van der Waals surface area (Å²) < 4.78 is 14.9. The third-order valence-corrected chi connectivity index (χ3v) is 6.52. The third-order valence-electron chi connectivity index (χ3n) is 5.38. The molecule has 0 amide bonds. The van der Waals surface area contributed by atoms with Crippen LogP contribution >= 0.6 is 11.3 Å². The fourth-order valence-electron chi connectivity index (χ4n) is 4.06. The van der Waals surface area contributed by atoms with Gasteiger partial charge in [-0.1, -0.05) is 11.3 Å². The minimum atomic E-state index is -0.372. The van der Waals surface area contributed by atoms with Gasteiger partial charge in [-0.25, -0.2) is 9.37 Å². The molecule has 3 heterocycles. The van der Waals surface area contributed by atoms with E-state index in [1.54, 1.807) is 23.6 Å². The number of piperidine rings is 1. The zero-order valence-corrected chi connectivity index (χ0v) is 15.4. The molecule has 4 aromatic rings. The van der Waals surface area contributed by atoms with Crippen LogP contribution in [0.25, 0.3) is 31.8 Å². The fraction of sp³-hybridized carbons (Fsp3) is 0.300. The van der Waals surface area contributed by atoms with Gasteiger partial charge in [0, 0.05) is 42.1 Å². The van der Waals surface area contributed by atoms with Gasteiger partial charge >= 0.3 is 0 Å². The summed E-state index contributed by atoms with van der Waals surface area (Å²) in [7, 11) is 0. The van der Waals surface area contributed by atoms with Crippen LogP contribution in [0, 0.1) is 11.7 Å².